The van der Waals surface area contributed by atoms with E-state index in [1.165, 1.54) is 70.6 Å². The van der Waals surface area contributed by atoms with Crippen LogP contribution in [0.15, 0.2) is 11.6 Å². The Morgan fingerprint density at radius 1 is 0.822 bits per heavy atom. The Morgan fingerprint density at radius 3 is 2.13 bits per heavy atom. The van der Waals surface area contributed by atoms with Gasteiger partial charge in [-0.3, -0.25) is 4.79 Å². The number of carbonyl (C=O) groups is 1. The minimum Gasteiger partial charge on any atom is -0.462 e. The molecule has 0 aromatic rings. The monoisotopic (exact) mass is 625 g/mol. The van der Waals surface area contributed by atoms with E-state index in [4.69, 9.17) is 4.74 Å². The average Bonchev–Trinajstić information content (AvgIpc) is 2.97. The number of allylic oxidation sites excluding steroid dienone is 2. The van der Waals surface area contributed by atoms with Crippen LogP contribution in [0.2, 0.25) is 0 Å². The molecule has 3 nitrogen and oxygen atoms in total. The van der Waals surface area contributed by atoms with E-state index in [1.807, 2.05) is 0 Å². The summed E-state index contributed by atoms with van der Waals surface area (Å²) in [6.45, 7) is 22.2. The summed E-state index contributed by atoms with van der Waals surface area (Å²) in [4.78, 5) is 13.6. The van der Waals surface area contributed by atoms with Gasteiger partial charge in [-0.15, -0.1) is 0 Å². The number of hydrogen-bond acceptors (Lipinski definition) is 3. The molecule has 4 saturated carbocycles. The lowest BCUT2D eigenvalue weighted by Gasteiger charge is -2.74. The van der Waals surface area contributed by atoms with Crippen LogP contribution in [-0.4, -0.2) is 23.3 Å². The molecule has 45 heavy (non-hydrogen) atoms. The van der Waals surface area contributed by atoms with E-state index in [9.17, 15) is 9.90 Å². The molecule has 5 rings (SSSR count). The lowest BCUT2D eigenvalue weighted by atomic mass is 9.31. The van der Waals surface area contributed by atoms with Crippen molar-refractivity contribution in [3.63, 3.8) is 0 Å². The SMILES string of the molecule is CCCCCCCCCCCC(=O)O[C@H]1C[C@]2(C)[C@H](CC[C@@H]3[C@@]4(C)CC[C@H](O)C(C)(C)[C@@H]4CC[C@]32C)[C@H]2[C@H](C)C(C)=CC[C@@]21C. The van der Waals surface area contributed by atoms with Crippen molar-refractivity contribution in [1.29, 1.82) is 0 Å². The largest absolute Gasteiger partial charge is 0.462 e. The number of carbonyl (C=O) groups excluding carboxylic acids is 1. The van der Waals surface area contributed by atoms with Crippen LogP contribution in [0.1, 0.15) is 178 Å². The molecular weight excluding hydrogens is 552 g/mol. The van der Waals surface area contributed by atoms with E-state index in [-0.39, 0.29) is 45.3 Å². The molecule has 0 spiro atoms. The molecule has 4 fully saturated rings. The van der Waals surface area contributed by atoms with Gasteiger partial charge in [-0.1, -0.05) is 118 Å². The molecule has 0 aromatic carbocycles. The van der Waals surface area contributed by atoms with Gasteiger partial charge in [-0.2, -0.15) is 0 Å². The topological polar surface area (TPSA) is 46.5 Å². The smallest absolute Gasteiger partial charge is 0.306 e. The molecule has 0 radical (unpaired) electrons. The van der Waals surface area contributed by atoms with Gasteiger partial charge in [0, 0.05) is 11.8 Å². The van der Waals surface area contributed by atoms with Gasteiger partial charge >= 0.3 is 5.97 Å². The van der Waals surface area contributed by atoms with E-state index in [2.05, 4.69) is 68.4 Å². The molecule has 0 aliphatic heterocycles. The second-order valence-electron chi connectivity index (χ2n) is 18.8. The second-order valence-corrected chi connectivity index (χ2v) is 18.8. The quantitative estimate of drug-likeness (QED) is 0.141. The summed E-state index contributed by atoms with van der Waals surface area (Å²) in [7, 11) is 0. The lowest BCUT2D eigenvalue weighted by Crippen LogP contribution is -2.69. The van der Waals surface area contributed by atoms with Gasteiger partial charge < -0.3 is 9.84 Å². The van der Waals surface area contributed by atoms with Crippen LogP contribution in [0, 0.1) is 56.7 Å². The summed E-state index contributed by atoms with van der Waals surface area (Å²) in [5, 5.41) is 11.1. The molecule has 0 saturated heterocycles. The Labute approximate surface area is 278 Å². The Balaban J connectivity index is 1.35. The standard InChI is InChI=1S/C42H72O3/c1-10-11-12-13-14-15-16-17-18-19-36(44)45-35-28-42(9)31(37-30(3)29(2)22-25-40(35,37)7)20-21-33-39(6)26-24-34(43)38(4,5)32(39)23-27-41(33,42)8/h22,30-35,37,43H,10-21,23-28H2,1-9H3/t30-,31-,32+,33-,34+,35+,37-,39+,40-,41-,42-/m1/s1. The number of ether oxygens (including phenoxy) is 1. The number of aliphatic hydroxyl groups excluding tert-OH is 1. The maximum atomic E-state index is 13.6. The van der Waals surface area contributed by atoms with Crippen molar-refractivity contribution in [3.8, 4) is 0 Å². The number of aliphatic hydroxyl groups is 1. The van der Waals surface area contributed by atoms with Gasteiger partial charge in [-0.25, -0.2) is 0 Å². The van der Waals surface area contributed by atoms with Crippen LogP contribution in [-0.2, 0) is 9.53 Å². The van der Waals surface area contributed by atoms with E-state index in [0.29, 0.717) is 36.0 Å². The van der Waals surface area contributed by atoms with Crippen molar-refractivity contribution in [2.75, 3.05) is 0 Å². The highest BCUT2D eigenvalue weighted by molar-refractivity contribution is 5.69. The molecular formula is C42H72O3. The number of rotatable bonds is 11. The van der Waals surface area contributed by atoms with Crippen LogP contribution in [0.5, 0.6) is 0 Å². The van der Waals surface area contributed by atoms with Crippen LogP contribution < -0.4 is 0 Å². The van der Waals surface area contributed by atoms with Gasteiger partial charge in [0.15, 0.2) is 0 Å². The molecule has 0 aromatic heterocycles. The molecule has 5 aliphatic carbocycles. The van der Waals surface area contributed by atoms with Crippen molar-refractivity contribution in [3.05, 3.63) is 11.6 Å². The third-order valence-electron chi connectivity index (χ3n) is 16.3. The summed E-state index contributed by atoms with van der Waals surface area (Å²) in [5.74, 6) is 3.04. The fraction of sp³-hybridized carbons (Fsp3) is 0.929. The van der Waals surface area contributed by atoms with Gasteiger partial charge in [0.05, 0.1) is 6.10 Å². The Morgan fingerprint density at radius 2 is 1.47 bits per heavy atom. The predicted molar refractivity (Wildman–Crippen MR) is 188 cm³/mol. The molecule has 0 bridgehead atoms. The highest BCUT2D eigenvalue weighted by atomic mass is 16.5. The third kappa shape index (κ3) is 5.92. The molecule has 1 N–H and O–H groups in total. The molecule has 258 valence electrons. The van der Waals surface area contributed by atoms with Crippen molar-refractivity contribution >= 4 is 5.97 Å². The maximum absolute atomic E-state index is 13.6. The number of esters is 1. The minimum atomic E-state index is -0.185. The molecule has 0 heterocycles. The molecule has 11 atom stereocenters. The summed E-state index contributed by atoms with van der Waals surface area (Å²) in [6, 6.07) is 0. The second kappa shape index (κ2) is 13.2. The zero-order chi connectivity index (χ0) is 32.8. The van der Waals surface area contributed by atoms with Gasteiger partial charge in [0.2, 0.25) is 0 Å². The first-order chi connectivity index (χ1) is 21.2. The lowest BCUT2D eigenvalue weighted by molar-refractivity contribution is -0.270. The molecule has 0 unspecified atom stereocenters. The minimum absolute atomic E-state index is 0.00709. The van der Waals surface area contributed by atoms with E-state index in [0.717, 1.165) is 38.5 Å². The van der Waals surface area contributed by atoms with Crippen LogP contribution in [0.25, 0.3) is 0 Å². The number of fused-ring (bicyclic) bond motifs is 7. The van der Waals surface area contributed by atoms with E-state index >= 15 is 0 Å². The summed E-state index contributed by atoms with van der Waals surface area (Å²) in [5.41, 5.74) is 2.16. The van der Waals surface area contributed by atoms with Crippen molar-refractivity contribution < 1.29 is 14.6 Å². The van der Waals surface area contributed by atoms with Gasteiger partial charge in [0.25, 0.3) is 0 Å². The molecule has 3 heteroatoms. The van der Waals surface area contributed by atoms with Gasteiger partial charge in [-0.05, 0) is 116 Å². The normalized spacial score (nSPS) is 45.4. The maximum Gasteiger partial charge on any atom is 0.306 e. The van der Waals surface area contributed by atoms with Gasteiger partial charge in [0.1, 0.15) is 6.10 Å². The fourth-order valence-electron chi connectivity index (χ4n) is 13.2. The number of unbranched alkanes of at least 4 members (excludes halogenated alkanes) is 8. The number of hydrogen-bond donors (Lipinski definition) is 1. The third-order valence-corrected chi connectivity index (χ3v) is 16.3. The first-order valence-corrected chi connectivity index (χ1v) is 19.7. The first kappa shape index (κ1) is 35.5. The zero-order valence-electron chi connectivity index (χ0n) is 31.1. The Hall–Kier alpha value is -0.830. The fourth-order valence-corrected chi connectivity index (χ4v) is 13.2. The summed E-state index contributed by atoms with van der Waals surface area (Å²) < 4.78 is 6.74. The first-order valence-electron chi connectivity index (χ1n) is 19.7. The molecule has 5 aliphatic rings. The van der Waals surface area contributed by atoms with Crippen molar-refractivity contribution in [2.24, 2.45) is 56.7 Å². The summed E-state index contributed by atoms with van der Waals surface area (Å²) >= 11 is 0. The molecule has 0 amide bonds. The Bertz CT molecular complexity index is 1080. The highest BCUT2D eigenvalue weighted by Gasteiger charge is 2.71. The van der Waals surface area contributed by atoms with Crippen LogP contribution >= 0.6 is 0 Å². The van der Waals surface area contributed by atoms with Crippen molar-refractivity contribution in [1.82, 2.24) is 0 Å². The average molecular weight is 625 g/mol. The van der Waals surface area contributed by atoms with E-state index in [1.54, 1.807) is 5.57 Å². The Kier molecular flexibility index (Phi) is 10.4. The summed E-state index contributed by atoms with van der Waals surface area (Å²) in [6.07, 6.45) is 23.5. The van der Waals surface area contributed by atoms with Crippen LogP contribution in [0.3, 0.4) is 0 Å². The zero-order valence-corrected chi connectivity index (χ0v) is 31.1. The highest BCUT2D eigenvalue weighted by Crippen LogP contribution is 2.77. The van der Waals surface area contributed by atoms with Crippen LogP contribution in [0.4, 0.5) is 0 Å². The van der Waals surface area contributed by atoms with Crippen molar-refractivity contribution in [2.45, 2.75) is 190 Å². The predicted octanol–water partition coefficient (Wildman–Crippen LogP) is 11.5. The van der Waals surface area contributed by atoms with E-state index < -0.39 is 0 Å².